The summed E-state index contributed by atoms with van der Waals surface area (Å²) in [5.74, 6) is -1.06. The molecule has 0 atom stereocenters. The van der Waals surface area contributed by atoms with Gasteiger partial charge >= 0.3 is 5.97 Å². The van der Waals surface area contributed by atoms with Gasteiger partial charge in [0, 0.05) is 16.1 Å². The Morgan fingerprint density at radius 3 is 2.40 bits per heavy atom. The number of halogens is 2. The van der Waals surface area contributed by atoms with E-state index in [1.165, 1.54) is 0 Å². The molecule has 0 radical (unpaired) electrons. The molecule has 0 heterocycles. The summed E-state index contributed by atoms with van der Waals surface area (Å²) in [7, 11) is 0. The van der Waals surface area contributed by atoms with Gasteiger partial charge in [0.05, 0.1) is 5.92 Å². The fraction of sp³-hybridized carbons (Fsp3) is 0.385. The van der Waals surface area contributed by atoms with Crippen molar-refractivity contribution in [1.29, 1.82) is 0 Å². The molecular formula is C13H13Cl2NO4. The van der Waals surface area contributed by atoms with E-state index < -0.39 is 5.97 Å². The summed E-state index contributed by atoms with van der Waals surface area (Å²) < 4.78 is 5.28. The zero-order valence-electron chi connectivity index (χ0n) is 10.4. The molecule has 2 rings (SSSR count). The summed E-state index contributed by atoms with van der Waals surface area (Å²) in [6.07, 6.45) is 0.925. The fourth-order valence-corrected chi connectivity index (χ4v) is 2.47. The highest BCUT2D eigenvalue weighted by molar-refractivity contribution is 6.34. The Hall–Kier alpha value is -1.46. The summed E-state index contributed by atoms with van der Waals surface area (Å²) in [5.41, 5.74) is 0. The lowest BCUT2D eigenvalue weighted by molar-refractivity contribution is -0.146. The van der Waals surface area contributed by atoms with E-state index in [0.717, 1.165) is 0 Å². The lowest BCUT2D eigenvalue weighted by Crippen LogP contribution is -2.48. The third-order valence-corrected chi connectivity index (χ3v) is 3.49. The molecule has 1 aromatic carbocycles. The number of ether oxygens (including phenoxy) is 1. The monoisotopic (exact) mass is 317 g/mol. The molecule has 1 aliphatic rings. The number of carbonyl (C=O) groups excluding carboxylic acids is 1. The van der Waals surface area contributed by atoms with Crippen LogP contribution in [-0.2, 0) is 9.59 Å². The van der Waals surface area contributed by atoms with Crippen molar-refractivity contribution in [3.05, 3.63) is 28.2 Å². The van der Waals surface area contributed by atoms with Gasteiger partial charge < -0.3 is 15.2 Å². The third-order valence-electron chi connectivity index (χ3n) is 3.06. The van der Waals surface area contributed by atoms with Gasteiger partial charge in [-0.1, -0.05) is 23.2 Å². The summed E-state index contributed by atoms with van der Waals surface area (Å²) in [6, 6.07) is 4.60. The largest absolute Gasteiger partial charge is 0.484 e. The lowest BCUT2D eigenvalue weighted by atomic mass is 9.80. The van der Waals surface area contributed by atoms with Gasteiger partial charge in [0.1, 0.15) is 5.75 Å². The standard InChI is InChI=1S/C13H13Cl2NO4/c14-8-3-9(15)5-11(4-8)20-6-12(17)16-10-1-7(2-10)13(18)19/h3-5,7,10H,1-2,6H2,(H,16,17)(H,18,19). The average molecular weight is 318 g/mol. The Morgan fingerprint density at radius 2 is 1.85 bits per heavy atom. The molecule has 5 nitrogen and oxygen atoms in total. The number of hydrogen-bond acceptors (Lipinski definition) is 3. The van der Waals surface area contributed by atoms with Gasteiger partial charge in [-0.3, -0.25) is 9.59 Å². The van der Waals surface area contributed by atoms with Crippen LogP contribution >= 0.6 is 23.2 Å². The average Bonchev–Trinajstić information content (AvgIpc) is 2.29. The first-order valence-electron chi connectivity index (χ1n) is 6.05. The molecular weight excluding hydrogens is 305 g/mol. The Labute approximate surface area is 125 Å². The highest BCUT2D eigenvalue weighted by atomic mass is 35.5. The normalized spacial score (nSPS) is 20.9. The minimum absolute atomic E-state index is 0.0878. The minimum atomic E-state index is -0.819. The van der Waals surface area contributed by atoms with Crippen LogP contribution in [0.1, 0.15) is 12.8 Å². The van der Waals surface area contributed by atoms with Gasteiger partial charge in [-0.15, -0.1) is 0 Å². The van der Waals surface area contributed by atoms with Crippen molar-refractivity contribution < 1.29 is 19.4 Å². The van der Waals surface area contributed by atoms with Crippen LogP contribution in [0.5, 0.6) is 5.75 Å². The number of hydrogen-bond donors (Lipinski definition) is 2. The highest BCUT2D eigenvalue weighted by Gasteiger charge is 2.35. The maximum atomic E-state index is 11.6. The highest BCUT2D eigenvalue weighted by Crippen LogP contribution is 2.27. The van der Waals surface area contributed by atoms with Crippen molar-refractivity contribution in [2.75, 3.05) is 6.61 Å². The van der Waals surface area contributed by atoms with Gasteiger partial charge in [-0.2, -0.15) is 0 Å². The Morgan fingerprint density at radius 1 is 1.25 bits per heavy atom. The first kappa shape index (κ1) is 14.9. The summed E-state index contributed by atoms with van der Waals surface area (Å²) in [5, 5.41) is 12.3. The van der Waals surface area contributed by atoms with Gasteiger partial charge in [0.15, 0.2) is 6.61 Å². The van der Waals surface area contributed by atoms with E-state index in [0.29, 0.717) is 28.6 Å². The van der Waals surface area contributed by atoms with E-state index in [9.17, 15) is 9.59 Å². The molecule has 0 saturated heterocycles. The van der Waals surface area contributed by atoms with E-state index >= 15 is 0 Å². The molecule has 0 aliphatic heterocycles. The van der Waals surface area contributed by atoms with E-state index in [2.05, 4.69) is 5.32 Å². The van der Waals surface area contributed by atoms with E-state index in [-0.39, 0.29) is 24.5 Å². The van der Waals surface area contributed by atoms with Crippen LogP contribution < -0.4 is 10.1 Å². The molecule has 1 aromatic rings. The molecule has 1 aliphatic carbocycles. The van der Waals surface area contributed by atoms with E-state index in [1.807, 2.05) is 0 Å². The molecule has 0 bridgehead atoms. The molecule has 20 heavy (non-hydrogen) atoms. The van der Waals surface area contributed by atoms with Crippen LogP contribution in [0.2, 0.25) is 10.0 Å². The molecule has 1 amide bonds. The zero-order chi connectivity index (χ0) is 14.7. The maximum Gasteiger partial charge on any atom is 0.306 e. The van der Waals surface area contributed by atoms with Crippen molar-refractivity contribution in [3.8, 4) is 5.75 Å². The first-order chi connectivity index (χ1) is 9.44. The van der Waals surface area contributed by atoms with Crippen molar-refractivity contribution >= 4 is 35.1 Å². The molecule has 0 spiro atoms. The van der Waals surface area contributed by atoms with Gasteiger partial charge in [-0.05, 0) is 31.0 Å². The molecule has 0 aromatic heterocycles. The predicted molar refractivity (Wildman–Crippen MR) is 74.2 cm³/mol. The molecule has 1 saturated carbocycles. The number of amides is 1. The van der Waals surface area contributed by atoms with Gasteiger partial charge in [0.2, 0.25) is 0 Å². The second-order valence-electron chi connectivity index (χ2n) is 4.66. The Balaban J connectivity index is 1.74. The predicted octanol–water partition coefficient (Wildman–Crippen LogP) is 2.35. The lowest BCUT2D eigenvalue weighted by Gasteiger charge is -2.32. The second kappa shape index (κ2) is 6.33. The summed E-state index contributed by atoms with van der Waals surface area (Å²) in [4.78, 5) is 22.2. The number of benzene rings is 1. The first-order valence-corrected chi connectivity index (χ1v) is 6.80. The zero-order valence-corrected chi connectivity index (χ0v) is 11.9. The summed E-state index contributed by atoms with van der Waals surface area (Å²) in [6.45, 7) is -0.162. The number of carbonyl (C=O) groups is 2. The van der Waals surface area contributed by atoms with Gasteiger partial charge in [-0.25, -0.2) is 0 Å². The smallest absolute Gasteiger partial charge is 0.306 e. The van der Waals surface area contributed by atoms with Crippen LogP contribution in [0.15, 0.2) is 18.2 Å². The van der Waals surface area contributed by atoms with Crippen molar-refractivity contribution in [1.82, 2.24) is 5.32 Å². The Kier molecular flexibility index (Phi) is 4.73. The SMILES string of the molecule is O=C(COc1cc(Cl)cc(Cl)c1)NC1CC(C(=O)O)C1. The van der Waals surface area contributed by atoms with Crippen molar-refractivity contribution in [3.63, 3.8) is 0 Å². The number of carboxylic acids is 1. The topological polar surface area (TPSA) is 75.6 Å². The van der Waals surface area contributed by atoms with Crippen LogP contribution in [0.4, 0.5) is 0 Å². The number of rotatable bonds is 5. The second-order valence-corrected chi connectivity index (χ2v) is 5.54. The molecule has 108 valence electrons. The third kappa shape index (κ3) is 4.02. The van der Waals surface area contributed by atoms with Crippen LogP contribution in [0, 0.1) is 5.92 Å². The van der Waals surface area contributed by atoms with Crippen LogP contribution in [-0.4, -0.2) is 29.6 Å². The maximum absolute atomic E-state index is 11.6. The number of nitrogens with one attached hydrogen (secondary N) is 1. The number of aliphatic carboxylic acids is 1. The quantitative estimate of drug-likeness (QED) is 0.874. The minimum Gasteiger partial charge on any atom is -0.484 e. The van der Waals surface area contributed by atoms with Crippen molar-refractivity contribution in [2.24, 2.45) is 5.92 Å². The van der Waals surface area contributed by atoms with E-state index in [1.54, 1.807) is 18.2 Å². The summed E-state index contributed by atoms with van der Waals surface area (Å²) >= 11 is 11.6. The van der Waals surface area contributed by atoms with Gasteiger partial charge in [0.25, 0.3) is 5.91 Å². The van der Waals surface area contributed by atoms with Crippen LogP contribution in [0.25, 0.3) is 0 Å². The van der Waals surface area contributed by atoms with Crippen LogP contribution in [0.3, 0.4) is 0 Å². The van der Waals surface area contributed by atoms with Crippen molar-refractivity contribution in [2.45, 2.75) is 18.9 Å². The fourth-order valence-electron chi connectivity index (χ4n) is 1.97. The van der Waals surface area contributed by atoms with E-state index in [4.69, 9.17) is 33.0 Å². The molecule has 2 N–H and O–H groups in total. The Bertz CT molecular complexity index is 509. The molecule has 0 unspecified atom stereocenters. The number of carboxylic acid groups (broad SMARTS) is 1. The molecule has 7 heteroatoms. The molecule has 1 fully saturated rings.